The fraction of sp³-hybridized carbons (Fsp3) is 0.188. The van der Waals surface area contributed by atoms with Crippen molar-refractivity contribution in [1.82, 2.24) is 4.79 Å². The highest BCUT2D eigenvalue weighted by Crippen LogP contribution is 2.15. The molecular weight excluding hydrogens is 385 g/mol. The summed E-state index contributed by atoms with van der Waals surface area (Å²) in [6.07, 6.45) is -1.61. The Kier molecular flexibility index (Phi) is 6.93. The lowest BCUT2D eigenvalue weighted by atomic mass is 9.96. The molecule has 0 spiro atoms. The van der Waals surface area contributed by atoms with Crippen molar-refractivity contribution >= 4 is 34.8 Å². The minimum atomic E-state index is -2.74. The third-order valence-corrected chi connectivity index (χ3v) is 3.38. The minimum Gasteiger partial charge on any atom is -0.481 e. The number of fused-ring (bicyclic) bond motifs is 1. The molecule has 0 aliphatic heterocycles. The molecule has 0 saturated carbocycles. The van der Waals surface area contributed by atoms with Crippen LogP contribution in [-0.2, 0) is 14.4 Å². The number of aliphatic carboxylic acids is 3. The van der Waals surface area contributed by atoms with Crippen molar-refractivity contribution in [2.24, 2.45) is 0 Å². The van der Waals surface area contributed by atoms with E-state index in [9.17, 15) is 28.5 Å². The Morgan fingerprint density at radius 1 is 0.964 bits per heavy atom. The lowest BCUT2D eigenvalue weighted by Crippen LogP contribution is -2.42. The van der Waals surface area contributed by atoms with Crippen LogP contribution in [0.25, 0.3) is 10.9 Å². The number of hydrogen-bond acceptors (Lipinski definition) is 6. The van der Waals surface area contributed by atoms with E-state index in [2.05, 4.69) is 0 Å². The molecule has 12 heteroatoms. The van der Waals surface area contributed by atoms with Crippen LogP contribution in [0.15, 0.2) is 35.3 Å². The SMILES string of the molecule is O=C(O)CC(O)(CC(=O)O)C(=O)O.O=C(O)c1cn(F)c2ccccc2c1=O. The van der Waals surface area contributed by atoms with Gasteiger partial charge in [-0.05, 0) is 12.1 Å². The second-order valence-corrected chi connectivity index (χ2v) is 5.48. The van der Waals surface area contributed by atoms with Crippen molar-refractivity contribution in [3.8, 4) is 0 Å². The van der Waals surface area contributed by atoms with Crippen LogP contribution >= 0.6 is 0 Å². The number of rotatable bonds is 6. The highest BCUT2D eigenvalue weighted by atomic mass is 19.2. The van der Waals surface area contributed by atoms with Gasteiger partial charge in [-0.3, -0.25) is 14.4 Å². The zero-order valence-electron chi connectivity index (χ0n) is 13.9. The summed E-state index contributed by atoms with van der Waals surface area (Å²) in [4.78, 5) is 52.8. The molecule has 0 unspecified atom stereocenters. The third kappa shape index (κ3) is 5.35. The normalized spacial score (nSPS) is 10.6. The van der Waals surface area contributed by atoms with Crippen molar-refractivity contribution in [2.45, 2.75) is 18.4 Å². The van der Waals surface area contributed by atoms with Crippen LogP contribution < -0.4 is 5.43 Å². The van der Waals surface area contributed by atoms with E-state index in [1.807, 2.05) is 0 Å². The molecule has 1 aromatic carbocycles. The molecule has 150 valence electrons. The summed E-state index contributed by atoms with van der Waals surface area (Å²) >= 11 is 0. The molecule has 2 rings (SSSR count). The molecule has 0 fully saturated rings. The van der Waals surface area contributed by atoms with Crippen LogP contribution in [0.5, 0.6) is 0 Å². The number of aliphatic hydroxyl groups is 1. The van der Waals surface area contributed by atoms with Crippen LogP contribution in [-0.4, -0.2) is 59.8 Å². The zero-order chi connectivity index (χ0) is 21.6. The van der Waals surface area contributed by atoms with Crippen LogP contribution in [0.4, 0.5) is 4.48 Å². The summed E-state index contributed by atoms with van der Waals surface area (Å²) in [5.74, 6) is -6.45. The summed E-state index contributed by atoms with van der Waals surface area (Å²) in [5, 5.41) is 42.5. The molecule has 0 amide bonds. The molecule has 0 atom stereocenters. The molecule has 0 aliphatic carbocycles. The predicted molar refractivity (Wildman–Crippen MR) is 88.8 cm³/mol. The first-order valence-corrected chi connectivity index (χ1v) is 7.32. The van der Waals surface area contributed by atoms with Gasteiger partial charge in [0.15, 0.2) is 5.60 Å². The molecule has 2 aromatic rings. The molecule has 1 heterocycles. The van der Waals surface area contributed by atoms with Crippen LogP contribution in [0.1, 0.15) is 23.2 Å². The minimum absolute atomic E-state index is 0.0555. The number of pyridine rings is 1. The average Bonchev–Trinajstić information content (AvgIpc) is 2.57. The fourth-order valence-electron chi connectivity index (χ4n) is 2.10. The monoisotopic (exact) mass is 399 g/mol. The van der Waals surface area contributed by atoms with Crippen molar-refractivity contribution in [3.05, 3.63) is 46.2 Å². The van der Waals surface area contributed by atoms with Crippen molar-refractivity contribution in [2.75, 3.05) is 0 Å². The maximum Gasteiger partial charge on any atom is 0.341 e. The molecule has 1 aromatic heterocycles. The molecule has 0 radical (unpaired) electrons. The molecule has 28 heavy (non-hydrogen) atoms. The maximum absolute atomic E-state index is 13.3. The number of aromatic nitrogens is 1. The summed E-state index contributed by atoms with van der Waals surface area (Å²) < 4.78 is 13.3. The van der Waals surface area contributed by atoms with E-state index in [-0.39, 0.29) is 15.7 Å². The van der Waals surface area contributed by atoms with Gasteiger partial charge in [0.1, 0.15) is 5.56 Å². The van der Waals surface area contributed by atoms with Crippen molar-refractivity contribution < 1.29 is 49.2 Å². The van der Waals surface area contributed by atoms with Gasteiger partial charge in [0.05, 0.1) is 24.6 Å². The van der Waals surface area contributed by atoms with E-state index >= 15 is 0 Å². The lowest BCUT2D eigenvalue weighted by molar-refractivity contribution is -0.170. The van der Waals surface area contributed by atoms with Gasteiger partial charge in [-0.1, -0.05) is 16.6 Å². The summed E-state index contributed by atoms with van der Waals surface area (Å²) in [7, 11) is 0. The average molecular weight is 399 g/mol. The maximum atomic E-state index is 13.3. The van der Waals surface area contributed by atoms with Gasteiger partial charge in [-0.15, -0.1) is 0 Å². The smallest absolute Gasteiger partial charge is 0.341 e. The van der Waals surface area contributed by atoms with Gasteiger partial charge in [0, 0.05) is 5.39 Å². The van der Waals surface area contributed by atoms with Gasteiger partial charge in [0.2, 0.25) is 5.43 Å². The van der Waals surface area contributed by atoms with Crippen molar-refractivity contribution in [3.63, 3.8) is 0 Å². The number of carboxylic acids is 4. The van der Waals surface area contributed by atoms with E-state index in [1.165, 1.54) is 12.1 Å². The molecule has 11 nitrogen and oxygen atoms in total. The van der Waals surface area contributed by atoms with E-state index in [1.54, 1.807) is 12.1 Å². The first kappa shape index (κ1) is 22.2. The highest BCUT2D eigenvalue weighted by molar-refractivity contribution is 5.92. The van der Waals surface area contributed by atoms with Gasteiger partial charge >= 0.3 is 23.9 Å². The van der Waals surface area contributed by atoms with E-state index in [4.69, 9.17) is 25.5 Å². The van der Waals surface area contributed by atoms with Crippen LogP contribution in [0.2, 0.25) is 0 Å². The Morgan fingerprint density at radius 2 is 1.46 bits per heavy atom. The Morgan fingerprint density at radius 3 is 1.89 bits per heavy atom. The topological polar surface area (TPSA) is 191 Å². The lowest BCUT2D eigenvalue weighted by Gasteiger charge is -2.18. The number of nitrogens with zero attached hydrogens (tertiary/aromatic N) is 1. The number of benzene rings is 1. The Balaban J connectivity index is 0.000000284. The fourth-order valence-corrected chi connectivity index (χ4v) is 2.10. The van der Waals surface area contributed by atoms with E-state index < -0.39 is 53.3 Å². The largest absolute Gasteiger partial charge is 0.481 e. The number of para-hydroxylation sites is 1. The Labute approximate surface area is 154 Å². The number of aromatic carboxylic acids is 1. The van der Waals surface area contributed by atoms with Crippen LogP contribution in [0.3, 0.4) is 0 Å². The van der Waals surface area contributed by atoms with Gasteiger partial charge in [0.25, 0.3) is 0 Å². The quantitative estimate of drug-likeness (QED) is 0.448. The molecule has 0 bridgehead atoms. The van der Waals surface area contributed by atoms with Gasteiger partial charge in [-0.2, -0.15) is 4.79 Å². The van der Waals surface area contributed by atoms with Crippen LogP contribution in [0, 0.1) is 0 Å². The van der Waals surface area contributed by atoms with Gasteiger partial charge in [-0.25, -0.2) is 9.59 Å². The number of hydrogen-bond donors (Lipinski definition) is 5. The van der Waals surface area contributed by atoms with E-state index in [0.717, 1.165) is 0 Å². The number of halogens is 1. The molecular formula is C16H14FNO10. The standard InChI is InChI=1S/C10H6FNO3.C6H8O7/c11-12-5-7(10(14)15)9(13)6-3-1-2-4-8(6)12;7-3(8)1-6(13,5(11)12)2-4(9)10/h1-5H,(H,14,15);13H,1-2H2,(H,7,8)(H,9,10)(H,11,12). The van der Waals surface area contributed by atoms with E-state index in [0.29, 0.717) is 6.20 Å². The highest BCUT2D eigenvalue weighted by Gasteiger charge is 2.40. The zero-order valence-corrected chi connectivity index (χ0v) is 13.9. The summed E-state index contributed by atoms with van der Waals surface area (Å²) in [6.45, 7) is 0. The Bertz CT molecular complexity index is 981. The molecule has 0 aliphatic rings. The second-order valence-electron chi connectivity index (χ2n) is 5.48. The summed E-state index contributed by atoms with van der Waals surface area (Å²) in [5.41, 5.74) is -3.92. The van der Waals surface area contributed by atoms with Crippen molar-refractivity contribution in [1.29, 1.82) is 0 Å². The number of carbonyl (C=O) groups is 4. The number of carboxylic acid groups (broad SMARTS) is 4. The molecule has 0 saturated heterocycles. The summed E-state index contributed by atoms with van der Waals surface area (Å²) in [6, 6.07) is 5.91. The predicted octanol–water partition coefficient (Wildman–Crippen LogP) is 0.184. The first-order valence-electron chi connectivity index (χ1n) is 7.32. The molecule has 5 N–H and O–H groups in total. The van der Waals surface area contributed by atoms with Gasteiger partial charge < -0.3 is 25.5 Å². The second kappa shape index (κ2) is 8.73. The third-order valence-electron chi connectivity index (χ3n) is 3.38. The first-order chi connectivity index (χ1) is 12.9. The Hall–Kier alpha value is -3.80.